The third kappa shape index (κ3) is 2.98. The highest BCUT2D eigenvalue weighted by atomic mass is 16.4. The highest BCUT2D eigenvalue weighted by Gasteiger charge is 2.40. The fourth-order valence-electron chi connectivity index (χ4n) is 3.69. The van der Waals surface area contributed by atoms with Crippen molar-refractivity contribution in [3.8, 4) is 0 Å². The summed E-state index contributed by atoms with van der Waals surface area (Å²) in [5, 5.41) is 9.60. The Kier molecular flexibility index (Phi) is 4.03. The van der Waals surface area contributed by atoms with Gasteiger partial charge in [-0.2, -0.15) is 0 Å². The Morgan fingerprint density at radius 1 is 1.38 bits per heavy atom. The van der Waals surface area contributed by atoms with E-state index in [9.17, 15) is 9.90 Å². The zero-order chi connectivity index (χ0) is 14.9. The van der Waals surface area contributed by atoms with Crippen LogP contribution in [-0.4, -0.2) is 29.1 Å². The number of carboxylic acid groups (broad SMARTS) is 1. The number of piperidine rings is 1. The molecule has 3 rings (SSSR count). The number of rotatable bonds is 5. The van der Waals surface area contributed by atoms with Crippen LogP contribution in [0.25, 0.3) is 0 Å². The predicted molar refractivity (Wildman–Crippen MR) is 83.3 cm³/mol. The van der Waals surface area contributed by atoms with Gasteiger partial charge >= 0.3 is 5.97 Å². The largest absolute Gasteiger partial charge is 0.481 e. The van der Waals surface area contributed by atoms with Crippen LogP contribution in [0.5, 0.6) is 0 Å². The van der Waals surface area contributed by atoms with E-state index in [0.29, 0.717) is 6.54 Å². The Labute approximate surface area is 127 Å². The third-order valence-corrected chi connectivity index (χ3v) is 5.25. The van der Waals surface area contributed by atoms with Crippen LogP contribution in [0.3, 0.4) is 0 Å². The molecule has 1 heterocycles. The highest BCUT2D eigenvalue weighted by Crippen LogP contribution is 2.42. The van der Waals surface area contributed by atoms with Crippen molar-refractivity contribution in [2.24, 2.45) is 5.41 Å². The van der Waals surface area contributed by atoms with Gasteiger partial charge in [-0.25, -0.2) is 0 Å². The van der Waals surface area contributed by atoms with Crippen LogP contribution in [0.2, 0.25) is 0 Å². The lowest BCUT2D eigenvalue weighted by molar-refractivity contribution is -0.153. The maximum Gasteiger partial charge on any atom is 0.310 e. The molecule has 1 saturated heterocycles. The van der Waals surface area contributed by atoms with Crippen molar-refractivity contribution in [2.45, 2.75) is 51.5 Å². The van der Waals surface area contributed by atoms with E-state index in [1.54, 1.807) is 0 Å². The molecule has 0 aromatic heterocycles. The molecular weight excluding hydrogens is 262 g/mol. The van der Waals surface area contributed by atoms with Crippen molar-refractivity contribution in [3.63, 3.8) is 0 Å². The Hall–Kier alpha value is -1.35. The summed E-state index contributed by atoms with van der Waals surface area (Å²) in [5.74, 6) is 0.131. The zero-order valence-electron chi connectivity index (χ0n) is 12.8. The monoisotopic (exact) mass is 287 g/mol. The second kappa shape index (κ2) is 5.80. The van der Waals surface area contributed by atoms with Gasteiger partial charge in [0.15, 0.2) is 0 Å². The Morgan fingerprint density at radius 2 is 2.14 bits per heavy atom. The molecule has 1 saturated carbocycles. The molecule has 0 amide bonds. The summed E-state index contributed by atoms with van der Waals surface area (Å²) >= 11 is 0. The third-order valence-electron chi connectivity index (χ3n) is 5.25. The Morgan fingerprint density at radius 3 is 2.81 bits per heavy atom. The molecule has 3 heteroatoms. The fourth-order valence-corrected chi connectivity index (χ4v) is 3.69. The van der Waals surface area contributed by atoms with Gasteiger partial charge in [0.25, 0.3) is 0 Å². The summed E-state index contributed by atoms with van der Waals surface area (Å²) in [6.45, 7) is 4.63. The number of aliphatic carboxylic acids is 1. The number of hydrogen-bond donors (Lipinski definition) is 1. The minimum atomic E-state index is -0.620. The molecular formula is C18H25NO2. The maximum absolute atomic E-state index is 11.7. The summed E-state index contributed by atoms with van der Waals surface area (Å²) < 4.78 is 0. The molecule has 2 fully saturated rings. The van der Waals surface area contributed by atoms with E-state index < -0.39 is 11.4 Å². The zero-order valence-corrected chi connectivity index (χ0v) is 12.8. The first-order valence-electron chi connectivity index (χ1n) is 8.18. The SMILES string of the molecule is CCC1(C(=O)O)CCCN(Cc2ccccc2C2CC2)C1. The van der Waals surface area contributed by atoms with Crippen molar-refractivity contribution < 1.29 is 9.90 Å². The molecule has 21 heavy (non-hydrogen) atoms. The van der Waals surface area contributed by atoms with Gasteiger partial charge in [-0.15, -0.1) is 0 Å². The molecule has 1 aromatic rings. The lowest BCUT2D eigenvalue weighted by atomic mass is 9.77. The molecule has 1 aliphatic heterocycles. The van der Waals surface area contributed by atoms with Crippen molar-refractivity contribution in [1.29, 1.82) is 0 Å². The average molecular weight is 287 g/mol. The minimum absolute atomic E-state index is 0.535. The second-order valence-electron chi connectivity index (χ2n) is 6.73. The van der Waals surface area contributed by atoms with Crippen molar-refractivity contribution in [2.75, 3.05) is 13.1 Å². The van der Waals surface area contributed by atoms with Crippen LogP contribution < -0.4 is 0 Å². The Balaban J connectivity index is 1.74. The fraction of sp³-hybridized carbons (Fsp3) is 0.611. The van der Waals surface area contributed by atoms with E-state index in [0.717, 1.165) is 38.3 Å². The van der Waals surface area contributed by atoms with Crippen LogP contribution in [-0.2, 0) is 11.3 Å². The van der Waals surface area contributed by atoms with Crippen molar-refractivity contribution in [1.82, 2.24) is 4.90 Å². The quantitative estimate of drug-likeness (QED) is 0.899. The summed E-state index contributed by atoms with van der Waals surface area (Å²) in [7, 11) is 0. The highest BCUT2D eigenvalue weighted by molar-refractivity contribution is 5.75. The summed E-state index contributed by atoms with van der Waals surface area (Å²) in [6, 6.07) is 8.70. The second-order valence-corrected chi connectivity index (χ2v) is 6.73. The van der Waals surface area contributed by atoms with Crippen LogP contribution in [0, 0.1) is 5.41 Å². The average Bonchev–Trinajstić information content (AvgIpc) is 3.32. The topological polar surface area (TPSA) is 40.5 Å². The first-order chi connectivity index (χ1) is 10.1. The molecule has 1 N–H and O–H groups in total. The number of hydrogen-bond acceptors (Lipinski definition) is 2. The molecule has 1 unspecified atom stereocenters. The van der Waals surface area contributed by atoms with Gasteiger partial charge < -0.3 is 5.11 Å². The normalized spacial score (nSPS) is 26.7. The maximum atomic E-state index is 11.7. The van der Waals surface area contributed by atoms with Crippen molar-refractivity contribution in [3.05, 3.63) is 35.4 Å². The van der Waals surface area contributed by atoms with Crippen LogP contribution in [0.15, 0.2) is 24.3 Å². The molecule has 1 atom stereocenters. The molecule has 1 aromatic carbocycles. The Bertz CT molecular complexity index is 524. The lowest BCUT2D eigenvalue weighted by Crippen LogP contribution is -2.47. The van der Waals surface area contributed by atoms with E-state index in [-0.39, 0.29) is 0 Å². The molecule has 3 nitrogen and oxygen atoms in total. The van der Waals surface area contributed by atoms with E-state index in [1.807, 2.05) is 6.92 Å². The van der Waals surface area contributed by atoms with Gasteiger partial charge in [-0.3, -0.25) is 9.69 Å². The van der Waals surface area contributed by atoms with Crippen LogP contribution >= 0.6 is 0 Å². The van der Waals surface area contributed by atoms with Crippen molar-refractivity contribution >= 4 is 5.97 Å². The number of carbonyl (C=O) groups is 1. The minimum Gasteiger partial charge on any atom is -0.481 e. The van der Waals surface area contributed by atoms with Gasteiger partial charge in [0.05, 0.1) is 5.41 Å². The van der Waals surface area contributed by atoms with E-state index in [1.165, 1.54) is 24.0 Å². The van der Waals surface area contributed by atoms with E-state index in [4.69, 9.17) is 0 Å². The molecule has 1 aliphatic carbocycles. The van der Waals surface area contributed by atoms with Crippen LogP contribution in [0.4, 0.5) is 0 Å². The summed E-state index contributed by atoms with van der Waals surface area (Å²) in [6.07, 6.45) is 5.16. The number of benzene rings is 1. The number of likely N-dealkylation sites (tertiary alicyclic amines) is 1. The smallest absolute Gasteiger partial charge is 0.310 e. The van der Waals surface area contributed by atoms with Gasteiger partial charge in [0.1, 0.15) is 0 Å². The van der Waals surface area contributed by atoms with Gasteiger partial charge in [0.2, 0.25) is 0 Å². The van der Waals surface area contributed by atoms with E-state index >= 15 is 0 Å². The molecule has 2 aliphatic rings. The van der Waals surface area contributed by atoms with Gasteiger partial charge in [0, 0.05) is 13.1 Å². The lowest BCUT2D eigenvalue weighted by Gasteiger charge is -2.39. The van der Waals surface area contributed by atoms with Gasteiger partial charge in [-0.1, -0.05) is 31.2 Å². The van der Waals surface area contributed by atoms with E-state index in [2.05, 4.69) is 29.2 Å². The van der Waals surface area contributed by atoms with Crippen LogP contribution in [0.1, 0.15) is 56.1 Å². The summed E-state index contributed by atoms with van der Waals surface area (Å²) in [5.41, 5.74) is 2.35. The molecule has 0 bridgehead atoms. The molecule has 114 valence electrons. The number of nitrogens with zero attached hydrogens (tertiary/aromatic N) is 1. The first kappa shape index (κ1) is 14.6. The predicted octanol–water partition coefficient (Wildman–Crippen LogP) is 3.64. The number of carboxylic acids is 1. The molecule has 0 spiro atoms. The molecule has 0 radical (unpaired) electrons. The first-order valence-corrected chi connectivity index (χ1v) is 8.18. The summed E-state index contributed by atoms with van der Waals surface area (Å²) in [4.78, 5) is 14.0. The van der Waals surface area contributed by atoms with Gasteiger partial charge in [-0.05, 0) is 55.7 Å². The standard InChI is InChI=1S/C18H25NO2/c1-2-18(17(20)21)10-5-11-19(13-18)12-15-6-3-4-7-16(15)14-8-9-14/h3-4,6-7,14H,2,5,8-13H2,1H3,(H,20,21).